The molecule has 44 heavy (non-hydrogen) atoms. The number of piperidine rings is 2. The molecule has 13 nitrogen and oxygen atoms in total. The van der Waals surface area contributed by atoms with Crippen LogP contribution in [0.5, 0.6) is 0 Å². The Balaban J connectivity index is 1.15. The number of nitrogens with one attached hydrogen (secondary N) is 2. The van der Waals surface area contributed by atoms with Crippen LogP contribution >= 0.6 is 0 Å². The van der Waals surface area contributed by atoms with E-state index in [1.54, 1.807) is 35.4 Å². The van der Waals surface area contributed by atoms with E-state index in [1.165, 1.54) is 6.20 Å². The summed E-state index contributed by atoms with van der Waals surface area (Å²) in [5.41, 5.74) is 5.79. The number of urea groups is 1. The molecule has 2 unspecified atom stereocenters. The van der Waals surface area contributed by atoms with Crippen molar-refractivity contribution >= 4 is 46.2 Å². The zero-order valence-corrected chi connectivity index (χ0v) is 26.6. The van der Waals surface area contributed by atoms with Crippen molar-refractivity contribution in [1.29, 1.82) is 0 Å². The summed E-state index contributed by atoms with van der Waals surface area (Å²) in [6.45, 7) is 9.52. The monoisotopic (exact) mass is 626 g/mol. The summed E-state index contributed by atoms with van der Waals surface area (Å²) in [6.07, 6.45) is 6.27. The normalized spacial score (nSPS) is 20.5. The molecule has 14 heteroatoms. The molecule has 1 spiro atoms. The predicted molar refractivity (Wildman–Crippen MR) is 167 cm³/mol. The third-order valence-corrected chi connectivity index (χ3v) is 9.27. The molecule has 4 N–H and O–H groups in total. The standard InChI is InChI=1S/C30H42N8O5S/c1-29(2,3)43-28(41)38-18-30(19-38)11-14-36(15-12-30)27(40)34-21-6-5-13-37(17-21)23-16-32-24(25(31)39)26(35-23)33-20-7-9-22(10-8-20)44(4)42/h7-10,16,21H,5-6,11-15,17-19H2,1-4H3,(H2,31,39)(H,33,35)(H,34,40). The SMILES string of the molecule is CS(=O)c1ccc(Nc2nc(N3CCCC(NC(=O)N4CCC5(CC4)CN(C(=O)OC(C)(C)C)C5)C3)cnc2C(N)=O)cc1. The number of hydrogen-bond donors (Lipinski definition) is 3. The van der Waals surface area contributed by atoms with Crippen molar-refractivity contribution in [3.8, 4) is 0 Å². The minimum absolute atomic E-state index is 0.0160. The van der Waals surface area contributed by atoms with Gasteiger partial charge in [0.1, 0.15) is 11.4 Å². The number of likely N-dealkylation sites (tertiary alicyclic amines) is 2. The summed E-state index contributed by atoms with van der Waals surface area (Å²) in [6, 6.07) is 6.84. The number of anilines is 3. The smallest absolute Gasteiger partial charge is 0.410 e. The average molecular weight is 627 g/mol. The molecule has 238 valence electrons. The van der Waals surface area contributed by atoms with Crippen LogP contribution in [0.2, 0.25) is 0 Å². The molecular formula is C30H42N8O5S. The van der Waals surface area contributed by atoms with Gasteiger partial charge < -0.3 is 35.8 Å². The molecule has 2 atom stereocenters. The van der Waals surface area contributed by atoms with Crippen molar-refractivity contribution in [1.82, 2.24) is 25.1 Å². The van der Waals surface area contributed by atoms with Gasteiger partial charge in [0.05, 0.1) is 6.20 Å². The van der Waals surface area contributed by atoms with Crippen molar-refractivity contribution < 1.29 is 23.3 Å². The van der Waals surface area contributed by atoms with Crippen LogP contribution in [0.3, 0.4) is 0 Å². The zero-order chi connectivity index (χ0) is 31.6. The van der Waals surface area contributed by atoms with Gasteiger partial charge in [0.25, 0.3) is 5.91 Å². The molecule has 0 radical (unpaired) electrons. The van der Waals surface area contributed by atoms with E-state index in [0.29, 0.717) is 49.1 Å². The van der Waals surface area contributed by atoms with Crippen LogP contribution in [0.1, 0.15) is 56.9 Å². The van der Waals surface area contributed by atoms with Crippen molar-refractivity contribution in [3.05, 3.63) is 36.2 Å². The molecule has 0 saturated carbocycles. The number of aromatic nitrogens is 2. The van der Waals surface area contributed by atoms with Crippen LogP contribution in [-0.4, -0.2) is 99.2 Å². The van der Waals surface area contributed by atoms with Gasteiger partial charge in [0.15, 0.2) is 11.5 Å². The molecule has 5 rings (SSSR count). The fourth-order valence-corrected chi connectivity index (χ4v) is 6.47. The highest BCUT2D eigenvalue weighted by atomic mass is 32.2. The topological polar surface area (TPSA) is 163 Å². The summed E-state index contributed by atoms with van der Waals surface area (Å²) in [7, 11) is -1.11. The molecule has 3 saturated heterocycles. The highest BCUT2D eigenvalue weighted by Crippen LogP contribution is 2.41. The van der Waals surface area contributed by atoms with Crippen LogP contribution in [0.25, 0.3) is 0 Å². The Bertz CT molecular complexity index is 1410. The van der Waals surface area contributed by atoms with Crippen LogP contribution in [-0.2, 0) is 15.5 Å². The minimum Gasteiger partial charge on any atom is -0.444 e. The Morgan fingerprint density at radius 1 is 1.07 bits per heavy atom. The molecular weight excluding hydrogens is 584 g/mol. The second kappa shape index (κ2) is 12.6. The first kappa shape index (κ1) is 31.5. The number of carbonyl (C=O) groups excluding carboxylic acids is 3. The van der Waals surface area contributed by atoms with Gasteiger partial charge in [-0.1, -0.05) is 0 Å². The lowest BCUT2D eigenvalue weighted by Gasteiger charge is -2.53. The largest absolute Gasteiger partial charge is 0.444 e. The molecule has 1 aromatic heterocycles. The van der Waals surface area contributed by atoms with Crippen molar-refractivity contribution in [3.63, 3.8) is 0 Å². The Morgan fingerprint density at radius 2 is 1.75 bits per heavy atom. The molecule has 2 aromatic rings. The number of carbonyl (C=O) groups is 3. The maximum atomic E-state index is 13.2. The average Bonchev–Trinajstić information content (AvgIpc) is 2.95. The van der Waals surface area contributed by atoms with Crippen LogP contribution in [0, 0.1) is 5.41 Å². The number of nitrogens with two attached hydrogens (primary N) is 1. The lowest BCUT2D eigenvalue weighted by atomic mass is 9.72. The lowest BCUT2D eigenvalue weighted by Crippen LogP contribution is -2.63. The summed E-state index contributed by atoms with van der Waals surface area (Å²) >= 11 is 0. The minimum atomic E-state index is -1.11. The van der Waals surface area contributed by atoms with Gasteiger partial charge in [-0.2, -0.15) is 0 Å². The second-order valence-electron chi connectivity index (χ2n) is 13.0. The van der Waals surface area contributed by atoms with Crippen LogP contribution in [0.15, 0.2) is 35.4 Å². The quantitative estimate of drug-likeness (QED) is 0.437. The number of rotatable bonds is 6. The molecule has 4 amide bonds. The summed E-state index contributed by atoms with van der Waals surface area (Å²) in [5, 5.41) is 6.32. The lowest BCUT2D eigenvalue weighted by molar-refractivity contribution is -0.0551. The van der Waals surface area contributed by atoms with Gasteiger partial charge in [-0.05, 0) is 70.7 Å². The molecule has 1 aromatic carbocycles. The van der Waals surface area contributed by atoms with Crippen molar-refractivity contribution in [2.45, 2.75) is 63.0 Å². The highest BCUT2D eigenvalue weighted by Gasteiger charge is 2.48. The van der Waals surface area contributed by atoms with E-state index >= 15 is 0 Å². The Hall–Kier alpha value is -3.94. The highest BCUT2D eigenvalue weighted by molar-refractivity contribution is 7.84. The van der Waals surface area contributed by atoms with Gasteiger partial charge in [-0.15, -0.1) is 0 Å². The van der Waals surface area contributed by atoms with Crippen molar-refractivity contribution in [2.75, 3.05) is 55.7 Å². The molecule has 0 bridgehead atoms. The van der Waals surface area contributed by atoms with Gasteiger partial charge in [-0.3, -0.25) is 9.00 Å². The molecule has 0 aliphatic carbocycles. The fraction of sp³-hybridized carbons (Fsp3) is 0.567. The van der Waals surface area contributed by atoms with Crippen molar-refractivity contribution in [2.24, 2.45) is 11.1 Å². The number of ether oxygens (including phenoxy) is 1. The van der Waals surface area contributed by atoms with E-state index in [1.807, 2.05) is 30.6 Å². The van der Waals surface area contributed by atoms with E-state index < -0.39 is 22.3 Å². The van der Waals surface area contributed by atoms with Gasteiger partial charge >= 0.3 is 12.1 Å². The van der Waals surface area contributed by atoms with E-state index in [2.05, 4.69) is 20.6 Å². The molecule has 3 aliphatic heterocycles. The molecule has 3 fully saturated rings. The maximum absolute atomic E-state index is 13.2. The first-order valence-corrected chi connectivity index (χ1v) is 16.5. The summed E-state index contributed by atoms with van der Waals surface area (Å²) in [4.78, 5) is 53.0. The van der Waals surface area contributed by atoms with Gasteiger partial charge in [0, 0.05) is 78.4 Å². The first-order valence-electron chi connectivity index (χ1n) is 15.0. The predicted octanol–water partition coefficient (Wildman–Crippen LogP) is 3.07. The van der Waals surface area contributed by atoms with Crippen LogP contribution < -0.4 is 21.3 Å². The van der Waals surface area contributed by atoms with Gasteiger partial charge in [-0.25, -0.2) is 19.6 Å². The summed E-state index contributed by atoms with van der Waals surface area (Å²) in [5.74, 6) is 0.0987. The Labute approximate surface area is 260 Å². The maximum Gasteiger partial charge on any atom is 0.410 e. The summed E-state index contributed by atoms with van der Waals surface area (Å²) < 4.78 is 17.2. The Kier molecular flexibility index (Phi) is 9.00. The van der Waals surface area contributed by atoms with Crippen LogP contribution in [0.4, 0.5) is 26.9 Å². The van der Waals surface area contributed by atoms with E-state index in [0.717, 1.165) is 32.2 Å². The molecule has 4 heterocycles. The van der Waals surface area contributed by atoms with E-state index in [9.17, 15) is 18.6 Å². The zero-order valence-electron chi connectivity index (χ0n) is 25.8. The third-order valence-electron chi connectivity index (χ3n) is 8.33. The number of primary amides is 1. The first-order chi connectivity index (χ1) is 20.8. The number of amides is 4. The molecule has 3 aliphatic rings. The second-order valence-corrected chi connectivity index (χ2v) is 14.3. The van der Waals surface area contributed by atoms with E-state index in [4.69, 9.17) is 10.5 Å². The van der Waals surface area contributed by atoms with E-state index in [-0.39, 0.29) is 35.1 Å². The number of benzene rings is 1. The Morgan fingerprint density at radius 3 is 2.36 bits per heavy atom. The number of nitrogens with zero attached hydrogens (tertiary/aromatic N) is 5. The third kappa shape index (κ3) is 7.40. The van der Waals surface area contributed by atoms with Gasteiger partial charge in [0.2, 0.25) is 0 Å². The fourth-order valence-electron chi connectivity index (χ4n) is 5.95. The number of hydrogen-bond acceptors (Lipinski definition) is 9.